The van der Waals surface area contributed by atoms with E-state index in [-0.39, 0.29) is 30.6 Å². The van der Waals surface area contributed by atoms with Gasteiger partial charge in [-0.05, 0) is 24.6 Å². The number of esters is 1. The van der Waals surface area contributed by atoms with Gasteiger partial charge in [-0.15, -0.1) is 0 Å². The van der Waals surface area contributed by atoms with Crippen LogP contribution in [0.4, 0.5) is 4.39 Å². The van der Waals surface area contributed by atoms with Crippen molar-refractivity contribution in [3.8, 4) is 6.07 Å². The minimum atomic E-state index is -1.35. The first kappa shape index (κ1) is 16.1. The van der Waals surface area contributed by atoms with Crippen LogP contribution >= 0.6 is 0 Å². The lowest BCUT2D eigenvalue weighted by Crippen LogP contribution is -2.23. The van der Waals surface area contributed by atoms with E-state index in [1.807, 2.05) is 6.07 Å². The van der Waals surface area contributed by atoms with Crippen molar-refractivity contribution >= 4 is 5.97 Å². The summed E-state index contributed by atoms with van der Waals surface area (Å²) in [5.74, 6) is -1.18. The number of aliphatic hydroxyl groups excluding tert-OH is 2. The number of benzene rings is 1. The van der Waals surface area contributed by atoms with E-state index in [0.29, 0.717) is 0 Å². The molecule has 0 aromatic heterocycles. The highest BCUT2D eigenvalue weighted by atomic mass is 19.1. The van der Waals surface area contributed by atoms with Crippen molar-refractivity contribution in [2.45, 2.75) is 32.0 Å². The molecule has 6 heteroatoms. The second-order valence-corrected chi connectivity index (χ2v) is 4.21. The molecule has 108 valence electrons. The first-order valence-electron chi connectivity index (χ1n) is 6.16. The van der Waals surface area contributed by atoms with Crippen LogP contribution in [0.3, 0.4) is 0 Å². The van der Waals surface area contributed by atoms with Gasteiger partial charge >= 0.3 is 5.97 Å². The molecule has 0 aliphatic heterocycles. The third-order valence-electron chi connectivity index (χ3n) is 2.73. The van der Waals surface area contributed by atoms with Gasteiger partial charge in [0.05, 0.1) is 31.6 Å². The minimum Gasteiger partial charge on any atom is -0.466 e. The van der Waals surface area contributed by atoms with E-state index in [9.17, 15) is 19.4 Å². The summed E-state index contributed by atoms with van der Waals surface area (Å²) in [4.78, 5) is 11.2. The summed E-state index contributed by atoms with van der Waals surface area (Å²) < 4.78 is 18.0. The zero-order valence-corrected chi connectivity index (χ0v) is 11.0. The van der Waals surface area contributed by atoms with Gasteiger partial charge in [0, 0.05) is 5.56 Å². The number of carbonyl (C=O) groups is 1. The normalized spacial score (nSPS) is 13.3. The van der Waals surface area contributed by atoms with Crippen LogP contribution in [0.2, 0.25) is 0 Å². The van der Waals surface area contributed by atoms with Gasteiger partial charge in [-0.3, -0.25) is 4.79 Å². The van der Waals surface area contributed by atoms with E-state index >= 15 is 0 Å². The number of hydrogen-bond acceptors (Lipinski definition) is 5. The van der Waals surface area contributed by atoms with Crippen molar-refractivity contribution in [3.63, 3.8) is 0 Å². The van der Waals surface area contributed by atoms with Crippen LogP contribution in [-0.4, -0.2) is 28.9 Å². The molecule has 1 aromatic carbocycles. The van der Waals surface area contributed by atoms with Gasteiger partial charge in [0.25, 0.3) is 0 Å². The van der Waals surface area contributed by atoms with Crippen molar-refractivity contribution < 1.29 is 24.1 Å². The van der Waals surface area contributed by atoms with Crippen molar-refractivity contribution in [1.29, 1.82) is 5.26 Å². The lowest BCUT2D eigenvalue weighted by atomic mass is 9.99. The topological polar surface area (TPSA) is 90.6 Å². The fourth-order valence-corrected chi connectivity index (χ4v) is 1.72. The van der Waals surface area contributed by atoms with Gasteiger partial charge in [-0.25, -0.2) is 4.39 Å². The number of ether oxygens (including phenoxy) is 1. The molecule has 1 aromatic rings. The summed E-state index contributed by atoms with van der Waals surface area (Å²) >= 11 is 0. The Morgan fingerprint density at radius 3 is 2.80 bits per heavy atom. The van der Waals surface area contributed by atoms with E-state index in [1.54, 1.807) is 6.92 Å². The maximum absolute atomic E-state index is 13.4. The van der Waals surface area contributed by atoms with Gasteiger partial charge in [0.1, 0.15) is 11.9 Å². The smallest absolute Gasteiger partial charge is 0.308 e. The lowest BCUT2D eigenvalue weighted by molar-refractivity contribution is -0.147. The number of rotatable bonds is 6. The standard InChI is InChI=1S/C14H16FNO4/c1-2-20-13(18)8-12(17)14(19)10-3-4-11(15)9(7-10)5-6-16/h3-4,7,12,14,17,19H,2,5,8H2,1H3. The number of nitrogens with zero attached hydrogens (tertiary/aromatic N) is 1. The van der Waals surface area contributed by atoms with Crippen LogP contribution in [-0.2, 0) is 16.0 Å². The molecule has 0 aliphatic carbocycles. The van der Waals surface area contributed by atoms with Crippen LogP contribution in [0.25, 0.3) is 0 Å². The SMILES string of the molecule is CCOC(=O)CC(O)C(O)c1ccc(F)c(CC#N)c1. The summed E-state index contributed by atoms with van der Waals surface area (Å²) in [5, 5.41) is 28.2. The Labute approximate surface area is 116 Å². The van der Waals surface area contributed by atoms with Crippen LogP contribution in [0.5, 0.6) is 0 Å². The minimum absolute atomic E-state index is 0.132. The van der Waals surface area contributed by atoms with Gasteiger partial charge in [0.2, 0.25) is 0 Å². The molecule has 1 rings (SSSR count). The molecule has 2 atom stereocenters. The van der Waals surface area contributed by atoms with Crippen molar-refractivity contribution in [1.82, 2.24) is 0 Å². The second kappa shape index (κ2) is 7.58. The van der Waals surface area contributed by atoms with Gasteiger partial charge in [-0.2, -0.15) is 5.26 Å². The molecule has 5 nitrogen and oxygen atoms in total. The van der Waals surface area contributed by atoms with Gasteiger partial charge in [-0.1, -0.05) is 6.07 Å². The van der Waals surface area contributed by atoms with Crippen LogP contribution < -0.4 is 0 Å². The van der Waals surface area contributed by atoms with E-state index < -0.39 is 24.0 Å². The van der Waals surface area contributed by atoms with Crippen molar-refractivity contribution in [2.24, 2.45) is 0 Å². The molecule has 0 saturated heterocycles. The summed E-state index contributed by atoms with van der Waals surface area (Å²) in [6.07, 6.45) is -3.20. The number of aliphatic hydroxyl groups is 2. The molecule has 0 bridgehead atoms. The molecular weight excluding hydrogens is 265 g/mol. The molecule has 0 fully saturated rings. The monoisotopic (exact) mass is 281 g/mol. The Kier molecular flexibility index (Phi) is 6.10. The third kappa shape index (κ3) is 4.30. The Morgan fingerprint density at radius 2 is 2.20 bits per heavy atom. The van der Waals surface area contributed by atoms with Crippen molar-refractivity contribution in [3.05, 3.63) is 35.1 Å². The number of carbonyl (C=O) groups excluding carboxylic acids is 1. The summed E-state index contributed by atoms with van der Waals surface area (Å²) in [7, 11) is 0. The fourth-order valence-electron chi connectivity index (χ4n) is 1.72. The molecule has 0 heterocycles. The maximum atomic E-state index is 13.4. The van der Waals surface area contributed by atoms with Crippen LogP contribution in [0.1, 0.15) is 30.6 Å². The highest BCUT2D eigenvalue weighted by Crippen LogP contribution is 2.22. The molecule has 2 N–H and O–H groups in total. The molecule has 0 saturated carbocycles. The number of halogens is 1. The summed E-state index contributed by atoms with van der Waals surface area (Å²) in [5.41, 5.74) is 0.376. The molecular formula is C14H16FNO4. The summed E-state index contributed by atoms with van der Waals surface area (Å²) in [6, 6.07) is 5.53. The maximum Gasteiger partial charge on any atom is 0.308 e. The van der Waals surface area contributed by atoms with Crippen molar-refractivity contribution in [2.75, 3.05) is 6.61 Å². The van der Waals surface area contributed by atoms with E-state index in [2.05, 4.69) is 4.74 Å². The number of hydrogen-bond donors (Lipinski definition) is 2. The molecule has 0 aliphatic rings. The largest absolute Gasteiger partial charge is 0.466 e. The quantitative estimate of drug-likeness (QED) is 0.766. The Bertz CT molecular complexity index is 512. The zero-order chi connectivity index (χ0) is 15.1. The Balaban J connectivity index is 2.81. The fraction of sp³-hybridized carbons (Fsp3) is 0.429. The van der Waals surface area contributed by atoms with E-state index in [0.717, 1.165) is 6.07 Å². The third-order valence-corrected chi connectivity index (χ3v) is 2.73. The molecule has 0 radical (unpaired) electrons. The molecule has 0 amide bonds. The Morgan fingerprint density at radius 1 is 1.50 bits per heavy atom. The second-order valence-electron chi connectivity index (χ2n) is 4.21. The average Bonchev–Trinajstić information content (AvgIpc) is 2.41. The lowest BCUT2D eigenvalue weighted by Gasteiger charge is -2.18. The predicted octanol–water partition coefficient (Wildman–Crippen LogP) is 1.24. The first-order valence-corrected chi connectivity index (χ1v) is 6.16. The predicted molar refractivity (Wildman–Crippen MR) is 67.9 cm³/mol. The number of nitriles is 1. The van der Waals surface area contributed by atoms with Gasteiger partial charge < -0.3 is 14.9 Å². The average molecular weight is 281 g/mol. The van der Waals surface area contributed by atoms with Gasteiger partial charge in [0.15, 0.2) is 0 Å². The molecule has 0 spiro atoms. The van der Waals surface area contributed by atoms with E-state index in [4.69, 9.17) is 5.26 Å². The van der Waals surface area contributed by atoms with Crippen LogP contribution in [0, 0.1) is 17.1 Å². The highest BCUT2D eigenvalue weighted by molar-refractivity contribution is 5.70. The van der Waals surface area contributed by atoms with E-state index in [1.165, 1.54) is 12.1 Å². The first-order chi connectivity index (χ1) is 9.49. The Hall–Kier alpha value is -1.97. The molecule has 20 heavy (non-hydrogen) atoms. The highest BCUT2D eigenvalue weighted by Gasteiger charge is 2.22. The van der Waals surface area contributed by atoms with Crippen LogP contribution in [0.15, 0.2) is 18.2 Å². The zero-order valence-electron chi connectivity index (χ0n) is 11.0. The molecule has 2 unspecified atom stereocenters. The summed E-state index contributed by atoms with van der Waals surface area (Å²) in [6.45, 7) is 1.82.